The minimum Gasteiger partial charge on any atom is -0.354 e. The highest BCUT2D eigenvalue weighted by Gasteiger charge is 2.47. The molecule has 1 N–H and O–H groups in total. The summed E-state index contributed by atoms with van der Waals surface area (Å²) in [4.78, 5) is 19.7. The van der Waals surface area contributed by atoms with Crippen LogP contribution in [0.3, 0.4) is 0 Å². The van der Waals surface area contributed by atoms with Crippen molar-refractivity contribution in [2.24, 2.45) is 11.8 Å². The van der Waals surface area contributed by atoms with Gasteiger partial charge in [-0.1, -0.05) is 13.8 Å². The van der Waals surface area contributed by atoms with Gasteiger partial charge in [-0.15, -0.1) is 0 Å². The van der Waals surface area contributed by atoms with E-state index in [0.717, 1.165) is 37.7 Å². The zero-order chi connectivity index (χ0) is 17.4. The van der Waals surface area contributed by atoms with E-state index in [1.165, 1.54) is 19.4 Å². The highest BCUT2D eigenvalue weighted by atomic mass is 16.5. The fraction of sp³-hybridized carbons (Fsp3) is 0.789. The van der Waals surface area contributed by atoms with Crippen LogP contribution in [-0.2, 0) is 21.7 Å². The molecule has 138 valence electrons. The molecule has 1 aliphatic carbocycles. The topological polar surface area (TPSA) is 59.4 Å². The molecule has 1 spiro atoms. The Balaban J connectivity index is 1.46. The van der Waals surface area contributed by atoms with Crippen LogP contribution in [0.1, 0.15) is 45.4 Å². The molecule has 1 saturated heterocycles. The summed E-state index contributed by atoms with van der Waals surface area (Å²) in [5.74, 6) is 2.37. The fourth-order valence-electron chi connectivity index (χ4n) is 4.06. The van der Waals surface area contributed by atoms with Gasteiger partial charge >= 0.3 is 0 Å². The Hall–Kier alpha value is -1.40. The third-order valence-electron chi connectivity index (χ3n) is 5.71. The third-order valence-corrected chi connectivity index (χ3v) is 5.71. The van der Waals surface area contributed by atoms with Crippen molar-refractivity contribution in [1.29, 1.82) is 0 Å². The van der Waals surface area contributed by atoms with E-state index in [9.17, 15) is 4.79 Å². The Morgan fingerprint density at radius 3 is 2.84 bits per heavy atom. The summed E-state index contributed by atoms with van der Waals surface area (Å²) in [6, 6.07) is 0. The maximum absolute atomic E-state index is 12.6. The second-order valence-electron chi connectivity index (χ2n) is 8.39. The van der Waals surface area contributed by atoms with Gasteiger partial charge in [-0.3, -0.25) is 4.79 Å². The Kier molecular flexibility index (Phi) is 4.58. The second kappa shape index (κ2) is 6.72. The number of amides is 1. The third kappa shape index (κ3) is 3.60. The van der Waals surface area contributed by atoms with E-state index >= 15 is 0 Å². The van der Waals surface area contributed by atoms with E-state index in [1.807, 2.05) is 12.4 Å². The van der Waals surface area contributed by atoms with Crippen LogP contribution in [0.5, 0.6) is 0 Å². The number of carbonyl (C=O) groups excluding carboxylic acids is 1. The predicted octanol–water partition coefficient (Wildman–Crippen LogP) is 1.76. The first kappa shape index (κ1) is 17.0. The lowest BCUT2D eigenvalue weighted by Crippen LogP contribution is -2.54. The second-order valence-corrected chi connectivity index (χ2v) is 8.39. The number of carbonyl (C=O) groups is 1. The smallest absolute Gasteiger partial charge is 0.251 e. The number of fused-ring (bicyclic) bond motifs is 2. The molecule has 3 aliphatic rings. The van der Waals surface area contributed by atoms with E-state index in [0.29, 0.717) is 19.0 Å². The van der Waals surface area contributed by atoms with E-state index in [2.05, 4.69) is 33.6 Å². The quantitative estimate of drug-likeness (QED) is 0.882. The number of nitrogens with one attached hydrogen (secondary N) is 1. The molecular weight excluding hydrogens is 316 g/mol. The van der Waals surface area contributed by atoms with Gasteiger partial charge in [0.15, 0.2) is 6.10 Å². The number of hydrogen-bond donors (Lipinski definition) is 1. The molecule has 2 fully saturated rings. The molecule has 1 amide bonds. The van der Waals surface area contributed by atoms with Crippen LogP contribution in [-0.4, -0.2) is 52.6 Å². The minimum atomic E-state index is -0.421. The molecule has 4 rings (SSSR count). The Morgan fingerprint density at radius 1 is 1.40 bits per heavy atom. The van der Waals surface area contributed by atoms with E-state index < -0.39 is 11.7 Å². The lowest BCUT2D eigenvalue weighted by atomic mass is 9.88. The molecular formula is C19H30N4O2. The summed E-state index contributed by atoms with van der Waals surface area (Å²) >= 11 is 0. The molecule has 0 radical (unpaired) electrons. The van der Waals surface area contributed by atoms with Crippen LogP contribution in [0.15, 0.2) is 12.4 Å². The highest BCUT2D eigenvalue weighted by molar-refractivity contribution is 5.80. The monoisotopic (exact) mass is 346 g/mol. The largest absolute Gasteiger partial charge is 0.354 e. The molecule has 0 aromatic carbocycles. The van der Waals surface area contributed by atoms with Gasteiger partial charge in [-0.05, 0) is 37.5 Å². The number of rotatable bonds is 5. The molecule has 2 aliphatic heterocycles. The molecule has 25 heavy (non-hydrogen) atoms. The number of imidazole rings is 1. The molecule has 0 bridgehead atoms. The van der Waals surface area contributed by atoms with Gasteiger partial charge in [0, 0.05) is 38.6 Å². The average Bonchev–Trinajstić information content (AvgIpc) is 3.27. The van der Waals surface area contributed by atoms with Gasteiger partial charge in [0.1, 0.15) is 11.4 Å². The van der Waals surface area contributed by atoms with Crippen molar-refractivity contribution in [3.05, 3.63) is 18.2 Å². The van der Waals surface area contributed by atoms with Gasteiger partial charge in [-0.2, -0.15) is 0 Å². The standard InChI is InChI=1S/C19H30N4O2/c1-14(2)11-21-17(24)16-13-23-10-7-20-18(23)19(25-16)5-8-22(9-6-19)12-15-3-4-15/h7,10,14-16H,3-6,8-9,11-13H2,1-2H3,(H,21,24)/t16-/m0/s1. The maximum Gasteiger partial charge on any atom is 0.251 e. The summed E-state index contributed by atoms with van der Waals surface area (Å²) in [6.07, 6.45) is 8.02. The van der Waals surface area contributed by atoms with Crippen LogP contribution in [0.2, 0.25) is 0 Å². The molecule has 3 heterocycles. The number of hydrogen-bond acceptors (Lipinski definition) is 4. The van der Waals surface area contributed by atoms with Gasteiger partial charge in [0.2, 0.25) is 0 Å². The van der Waals surface area contributed by atoms with Crippen molar-refractivity contribution in [2.45, 2.75) is 57.8 Å². The lowest BCUT2D eigenvalue weighted by Gasteiger charge is -2.45. The highest BCUT2D eigenvalue weighted by Crippen LogP contribution is 2.41. The lowest BCUT2D eigenvalue weighted by molar-refractivity contribution is -0.173. The van der Waals surface area contributed by atoms with Crippen molar-refractivity contribution in [1.82, 2.24) is 19.8 Å². The van der Waals surface area contributed by atoms with Crippen molar-refractivity contribution >= 4 is 5.91 Å². The van der Waals surface area contributed by atoms with Gasteiger partial charge in [0.25, 0.3) is 5.91 Å². The molecule has 6 heteroatoms. The normalized spacial score (nSPS) is 26.0. The first-order valence-corrected chi connectivity index (χ1v) is 9.75. The van der Waals surface area contributed by atoms with Gasteiger partial charge in [0.05, 0.1) is 6.54 Å². The number of ether oxygens (including phenoxy) is 1. The van der Waals surface area contributed by atoms with Crippen molar-refractivity contribution in [2.75, 3.05) is 26.2 Å². The molecule has 1 aromatic heterocycles. The zero-order valence-corrected chi connectivity index (χ0v) is 15.4. The summed E-state index contributed by atoms with van der Waals surface area (Å²) in [6.45, 7) is 8.75. The molecule has 6 nitrogen and oxygen atoms in total. The first-order valence-electron chi connectivity index (χ1n) is 9.75. The average molecular weight is 346 g/mol. The van der Waals surface area contributed by atoms with Crippen LogP contribution >= 0.6 is 0 Å². The maximum atomic E-state index is 12.6. The Bertz CT molecular complexity index is 615. The van der Waals surface area contributed by atoms with Gasteiger partial charge < -0.3 is 19.5 Å². The molecule has 1 saturated carbocycles. The van der Waals surface area contributed by atoms with Gasteiger partial charge in [-0.25, -0.2) is 4.98 Å². The fourth-order valence-corrected chi connectivity index (χ4v) is 4.06. The van der Waals surface area contributed by atoms with Crippen molar-refractivity contribution in [3.63, 3.8) is 0 Å². The molecule has 0 unspecified atom stereocenters. The summed E-state index contributed by atoms with van der Waals surface area (Å²) in [5.41, 5.74) is -0.401. The number of nitrogens with zero attached hydrogens (tertiary/aromatic N) is 3. The minimum absolute atomic E-state index is 0.00725. The zero-order valence-electron chi connectivity index (χ0n) is 15.4. The summed E-state index contributed by atoms with van der Waals surface area (Å²) < 4.78 is 8.57. The van der Waals surface area contributed by atoms with Crippen LogP contribution in [0, 0.1) is 11.8 Å². The first-order chi connectivity index (χ1) is 12.1. The summed E-state index contributed by atoms with van der Waals surface area (Å²) in [5, 5.41) is 3.03. The number of piperidine rings is 1. The van der Waals surface area contributed by atoms with Crippen molar-refractivity contribution < 1.29 is 9.53 Å². The van der Waals surface area contributed by atoms with Crippen LogP contribution in [0.4, 0.5) is 0 Å². The number of aromatic nitrogens is 2. The summed E-state index contributed by atoms with van der Waals surface area (Å²) in [7, 11) is 0. The van der Waals surface area contributed by atoms with E-state index in [1.54, 1.807) is 0 Å². The number of likely N-dealkylation sites (tertiary alicyclic amines) is 1. The SMILES string of the molecule is CC(C)CNC(=O)[C@@H]1Cn2ccnc2C2(CCN(CC3CC3)CC2)O1. The Labute approximate surface area is 149 Å². The molecule has 1 atom stereocenters. The van der Waals surface area contributed by atoms with E-state index in [-0.39, 0.29) is 5.91 Å². The van der Waals surface area contributed by atoms with Crippen LogP contribution in [0.25, 0.3) is 0 Å². The van der Waals surface area contributed by atoms with E-state index in [4.69, 9.17) is 4.74 Å². The Morgan fingerprint density at radius 2 is 2.16 bits per heavy atom. The van der Waals surface area contributed by atoms with Crippen molar-refractivity contribution in [3.8, 4) is 0 Å². The molecule has 1 aromatic rings. The predicted molar refractivity (Wildman–Crippen MR) is 95.0 cm³/mol. The van der Waals surface area contributed by atoms with Crippen LogP contribution < -0.4 is 5.32 Å².